The van der Waals surface area contributed by atoms with Gasteiger partial charge in [-0.15, -0.1) is 0 Å². The van der Waals surface area contributed by atoms with Crippen molar-refractivity contribution in [1.29, 1.82) is 0 Å². The number of benzene rings is 2. The van der Waals surface area contributed by atoms with Gasteiger partial charge in [0, 0.05) is 21.9 Å². The predicted molar refractivity (Wildman–Crippen MR) is 99.5 cm³/mol. The Kier molecular flexibility index (Phi) is 5.44. The average molecular weight is 392 g/mol. The maximum atomic E-state index is 12.3. The summed E-state index contributed by atoms with van der Waals surface area (Å²) in [4.78, 5) is 23.8. The lowest BCUT2D eigenvalue weighted by Gasteiger charge is -2.15. The van der Waals surface area contributed by atoms with Gasteiger partial charge in [-0.05, 0) is 29.8 Å². The standard InChI is InChI=1S/C18H15Cl2N3O3/c19-11-5-10(6-12(20)8-11)7-16(18(25)26)21-17(24)9-15-13-3-1-2-4-14(13)22-23-15/h1-6,8,16H,7,9H2,(H,21,24)(H,22,23)(H,25,26). The highest BCUT2D eigenvalue weighted by Crippen LogP contribution is 2.20. The number of amides is 1. The van der Waals surface area contributed by atoms with E-state index >= 15 is 0 Å². The van der Waals surface area contributed by atoms with Crippen LogP contribution in [-0.4, -0.2) is 33.2 Å². The molecule has 0 aliphatic heterocycles. The maximum absolute atomic E-state index is 12.3. The Hall–Kier alpha value is -2.57. The summed E-state index contributed by atoms with van der Waals surface area (Å²) < 4.78 is 0. The third-order valence-corrected chi connectivity index (χ3v) is 4.31. The molecule has 0 saturated carbocycles. The lowest BCUT2D eigenvalue weighted by molar-refractivity contribution is -0.141. The molecule has 8 heteroatoms. The van der Waals surface area contributed by atoms with Gasteiger partial charge in [0.25, 0.3) is 0 Å². The van der Waals surface area contributed by atoms with Gasteiger partial charge in [0.05, 0.1) is 17.6 Å². The number of carbonyl (C=O) groups excluding carboxylic acids is 1. The lowest BCUT2D eigenvalue weighted by atomic mass is 10.1. The number of rotatable bonds is 6. The fourth-order valence-corrected chi connectivity index (χ4v) is 3.29. The Bertz CT molecular complexity index is 951. The Labute approximate surface area is 159 Å². The Morgan fingerprint density at radius 3 is 2.54 bits per heavy atom. The second kappa shape index (κ2) is 7.76. The van der Waals surface area contributed by atoms with Crippen LogP contribution in [0.3, 0.4) is 0 Å². The van der Waals surface area contributed by atoms with E-state index in [2.05, 4.69) is 15.5 Å². The van der Waals surface area contributed by atoms with Gasteiger partial charge in [-0.3, -0.25) is 9.89 Å². The molecule has 0 bridgehead atoms. The van der Waals surface area contributed by atoms with Crippen LogP contribution in [0.2, 0.25) is 10.0 Å². The van der Waals surface area contributed by atoms with Gasteiger partial charge in [0.1, 0.15) is 6.04 Å². The van der Waals surface area contributed by atoms with Gasteiger partial charge in [-0.2, -0.15) is 5.10 Å². The number of carbonyl (C=O) groups is 2. The quantitative estimate of drug-likeness (QED) is 0.600. The molecule has 3 rings (SSSR count). The van der Waals surface area contributed by atoms with E-state index in [-0.39, 0.29) is 12.8 Å². The van der Waals surface area contributed by atoms with Gasteiger partial charge in [0.15, 0.2) is 0 Å². The highest BCUT2D eigenvalue weighted by Gasteiger charge is 2.21. The minimum Gasteiger partial charge on any atom is -0.480 e. The van der Waals surface area contributed by atoms with Crippen LogP contribution in [0, 0.1) is 0 Å². The van der Waals surface area contributed by atoms with Gasteiger partial charge in [-0.1, -0.05) is 41.4 Å². The number of para-hydroxylation sites is 1. The first-order chi connectivity index (χ1) is 12.4. The molecule has 1 heterocycles. The molecule has 0 aliphatic carbocycles. The van der Waals surface area contributed by atoms with Crippen LogP contribution in [0.1, 0.15) is 11.3 Å². The molecule has 6 nitrogen and oxygen atoms in total. The average Bonchev–Trinajstić information content (AvgIpc) is 2.96. The molecule has 0 spiro atoms. The second-order valence-corrected chi connectivity index (χ2v) is 6.71. The molecule has 0 saturated heterocycles. The van der Waals surface area contributed by atoms with Crippen molar-refractivity contribution >= 4 is 46.0 Å². The van der Waals surface area contributed by atoms with E-state index in [1.54, 1.807) is 18.2 Å². The minimum atomic E-state index is -1.14. The van der Waals surface area contributed by atoms with E-state index in [1.165, 1.54) is 0 Å². The molecule has 3 aromatic rings. The van der Waals surface area contributed by atoms with E-state index in [1.807, 2.05) is 24.3 Å². The molecule has 1 aromatic heterocycles. The normalized spacial score (nSPS) is 12.1. The molecule has 0 aliphatic rings. The summed E-state index contributed by atoms with van der Waals surface area (Å²) in [6.45, 7) is 0. The highest BCUT2D eigenvalue weighted by molar-refractivity contribution is 6.34. The maximum Gasteiger partial charge on any atom is 0.326 e. The number of aromatic amines is 1. The molecule has 0 fully saturated rings. The first kappa shape index (κ1) is 18.2. The Morgan fingerprint density at radius 2 is 1.85 bits per heavy atom. The Morgan fingerprint density at radius 1 is 1.15 bits per heavy atom. The van der Waals surface area contributed by atoms with Crippen molar-refractivity contribution in [2.75, 3.05) is 0 Å². The summed E-state index contributed by atoms with van der Waals surface area (Å²) in [6, 6.07) is 11.1. The van der Waals surface area contributed by atoms with Crippen molar-refractivity contribution in [3.8, 4) is 0 Å². The molecule has 3 N–H and O–H groups in total. The molecule has 1 amide bonds. The van der Waals surface area contributed by atoms with E-state index in [0.29, 0.717) is 21.3 Å². The van der Waals surface area contributed by atoms with Crippen molar-refractivity contribution in [3.05, 3.63) is 63.8 Å². The third-order valence-electron chi connectivity index (χ3n) is 3.87. The van der Waals surface area contributed by atoms with Crippen molar-refractivity contribution in [1.82, 2.24) is 15.5 Å². The summed E-state index contributed by atoms with van der Waals surface area (Å²) in [6.07, 6.45) is 0.0751. The molecule has 0 radical (unpaired) electrons. The number of H-pyrrole nitrogens is 1. The minimum absolute atomic E-state index is 0.000591. The number of nitrogens with zero attached hydrogens (tertiary/aromatic N) is 1. The van der Waals surface area contributed by atoms with Crippen molar-refractivity contribution in [3.63, 3.8) is 0 Å². The predicted octanol–water partition coefficient (Wildman–Crippen LogP) is 3.22. The number of carboxylic acid groups (broad SMARTS) is 1. The number of fused-ring (bicyclic) bond motifs is 1. The highest BCUT2D eigenvalue weighted by atomic mass is 35.5. The van der Waals surface area contributed by atoms with E-state index < -0.39 is 17.9 Å². The molecule has 134 valence electrons. The fraction of sp³-hybridized carbons (Fsp3) is 0.167. The number of hydrogen-bond acceptors (Lipinski definition) is 3. The van der Waals surface area contributed by atoms with Gasteiger partial charge in [-0.25, -0.2) is 4.79 Å². The topological polar surface area (TPSA) is 95.1 Å². The number of aliphatic carboxylic acids is 1. The SMILES string of the molecule is O=C(Cc1[nH]nc2ccccc12)NC(Cc1cc(Cl)cc(Cl)c1)C(=O)O. The summed E-state index contributed by atoms with van der Waals surface area (Å²) in [5.41, 5.74) is 2.01. The smallest absolute Gasteiger partial charge is 0.326 e. The molecule has 1 unspecified atom stereocenters. The Balaban J connectivity index is 1.71. The van der Waals surface area contributed by atoms with Crippen LogP contribution in [0.25, 0.3) is 10.9 Å². The zero-order valence-corrected chi connectivity index (χ0v) is 15.0. The van der Waals surface area contributed by atoms with Crippen LogP contribution < -0.4 is 5.32 Å². The van der Waals surface area contributed by atoms with Crippen molar-refractivity contribution in [2.24, 2.45) is 0 Å². The van der Waals surface area contributed by atoms with Crippen molar-refractivity contribution in [2.45, 2.75) is 18.9 Å². The third kappa shape index (κ3) is 4.33. The monoisotopic (exact) mass is 391 g/mol. The van der Waals surface area contributed by atoms with Crippen LogP contribution >= 0.6 is 23.2 Å². The number of aromatic nitrogens is 2. The fourth-order valence-electron chi connectivity index (χ4n) is 2.72. The van der Waals surface area contributed by atoms with Crippen LogP contribution in [0.15, 0.2) is 42.5 Å². The summed E-state index contributed by atoms with van der Waals surface area (Å²) >= 11 is 11.9. The number of halogens is 2. The molecule has 1 atom stereocenters. The first-order valence-electron chi connectivity index (χ1n) is 7.81. The van der Waals surface area contributed by atoms with E-state index in [0.717, 1.165) is 10.9 Å². The van der Waals surface area contributed by atoms with Gasteiger partial charge in [0.2, 0.25) is 5.91 Å². The van der Waals surface area contributed by atoms with E-state index in [4.69, 9.17) is 23.2 Å². The van der Waals surface area contributed by atoms with Gasteiger partial charge < -0.3 is 10.4 Å². The lowest BCUT2D eigenvalue weighted by Crippen LogP contribution is -2.43. The number of hydrogen-bond donors (Lipinski definition) is 3. The summed E-state index contributed by atoms with van der Waals surface area (Å²) in [5, 5.41) is 20.5. The zero-order valence-electron chi connectivity index (χ0n) is 13.5. The largest absolute Gasteiger partial charge is 0.480 e. The molecular weight excluding hydrogens is 377 g/mol. The zero-order chi connectivity index (χ0) is 18.7. The van der Waals surface area contributed by atoms with Crippen LogP contribution in [-0.2, 0) is 22.4 Å². The number of carboxylic acids is 1. The summed E-state index contributed by atoms with van der Waals surface area (Å²) in [5.74, 6) is -1.55. The molecular formula is C18H15Cl2N3O3. The molecule has 2 aromatic carbocycles. The second-order valence-electron chi connectivity index (χ2n) is 5.84. The van der Waals surface area contributed by atoms with E-state index in [9.17, 15) is 14.7 Å². The van der Waals surface area contributed by atoms with Crippen LogP contribution in [0.5, 0.6) is 0 Å². The molecule has 26 heavy (non-hydrogen) atoms. The van der Waals surface area contributed by atoms with Crippen molar-refractivity contribution < 1.29 is 14.7 Å². The first-order valence-corrected chi connectivity index (χ1v) is 8.57. The summed E-state index contributed by atoms with van der Waals surface area (Å²) in [7, 11) is 0. The van der Waals surface area contributed by atoms with Crippen LogP contribution in [0.4, 0.5) is 0 Å². The van der Waals surface area contributed by atoms with Gasteiger partial charge >= 0.3 is 5.97 Å². The number of nitrogens with one attached hydrogen (secondary N) is 2.